The van der Waals surface area contributed by atoms with Gasteiger partial charge in [0.05, 0.1) is 19.1 Å². The molecule has 0 fully saturated rings. The highest BCUT2D eigenvalue weighted by Crippen LogP contribution is 2.28. The van der Waals surface area contributed by atoms with Crippen molar-refractivity contribution in [2.75, 3.05) is 19.5 Å². The van der Waals surface area contributed by atoms with Crippen molar-refractivity contribution in [3.05, 3.63) is 47.4 Å². The number of anilines is 1. The van der Waals surface area contributed by atoms with Crippen molar-refractivity contribution >= 4 is 40.0 Å². The maximum Gasteiger partial charge on any atom is 0.250 e. The molecule has 0 bridgehead atoms. The molecule has 0 radical (unpaired) electrons. The Balaban J connectivity index is 1.65. The molecule has 0 unspecified atom stereocenters. The van der Waals surface area contributed by atoms with Gasteiger partial charge >= 0.3 is 0 Å². The lowest BCUT2D eigenvalue weighted by Crippen LogP contribution is -2.07. The average molecular weight is 373 g/mol. The molecular weight excluding hydrogens is 358 g/mol. The second kappa shape index (κ2) is 7.91. The standard InChI is InChI=1S/C17H15N3O3S2/c1-22-12-7-5-11(10-13(12)23-2)6-8-15(21)18-17-19-16(20-25-17)14-4-3-9-24-14/h3-10H,1-2H3,(H,18,19,20,21)/b8-6+. The largest absolute Gasteiger partial charge is 0.493 e. The van der Waals surface area contributed by atoms with Crippen LogP contribution in [0.4, 0.5) is 5.13 Å². The summed E-state index contributed by atoms with van der Waals surface area (Å²) < 4.78 is 14.7. The monoisotopic (exact) mass is 373 g/mol. The number of nitrogens with one attached hydrogen (secondary N) is 1. The molecule has 2 heterocycles. The van der Waals surface area contributed by atoms with Gasteiger partial charge in [0, 0.05) is 17.6 Å². The van der Waals surface area contributed by atoms with Gasteiger partial charge in [0.1, 0.15) is 0 Å². The molecular formula is C17H15N3O3S2. The zero-order chi connectivity index (χ0) is 17.6. The molecule has 1 aromatic carbocycles. The van der Waals surface area contributed by atoms with Gasteiger partial charge in [0.15, 0.2) is 17.3 Å². The van der Waals surface area contributed by atoms with Gasteiger partial charge in [-0.05, 0) is 35.2 Å². The van der Waals surface area contributed by atoms with E-state index in [1.165, 1.54) is 6.08 Å². The van der Waals surface area contributed by atoms with Gasteiger partial charge in [-0.15, -0.1) is 11.3 Å². The molecule has 1 N–H and O–H groups in total. The summed E-state index contributed by atoms with van der Waals surface area (Å²) >= 11 is 2.71. The van der Waals surface area contributed by atoms with E-state index >= 15 is 0 Å². The van der Waals surface area contributed by atoms with Gasteiger partial charge < -0.3 is 9.47 Å². The number of nitrogens with zero attached hydrogens (tertiary/aromatic N) is 2. The highest BCUT2D eigenvalue weighted by molar-refractivity contribution is 7.14. The van der Waals surface area contributed by atoms with E-state index in [1.54, 1.807) is 43.8 Å². The van der Waals surface area contributed by atoms with Crippen molar-refractivity contribution < 1.29 is 14.3 Å². The van der Waals surface area contributed by atoms with Gasteiger partial charge in [0.25, 0.3) is 0 Å². The molecule has 8 heteroatoms. The number of benzene rings is 1. The quantitative estimate of drug-likeness (QED) is 0.663. The number of carbonyl (C=O) groups is 1. The first-order valence-electron chi connectivity index (χ1n) is 7.28. The lowest BCUT2D eigenvalue weighted by atomic mass is 10.2. The number of hydrogen-bond donors (Lipinski definition) is 1. The van der Waals surface area contributed by atoms with Crippen LogP contribution in [0, 0.1) is 0 Å². The van der Waals surface area contributed by atoms with E-state index in [-0.39, 0.29) is 5.91 Å². The van der Waals surface area contributed by atoms with Gasteiger partial charge in [-0.25, -0.2) is 0 Å². The summed E-state index contributed by atoms with van der Waals surface area (Å²) in [6, 6.07) is 9.29. The van der Waals surface area contributed by atoms with Crippen molar-refractivity contribution in [3.63, 3.8) is 0 Å². The lowest BCUT2D eigenvalue weighted by Gasteiger charge is -2.07. The van der Waals surface area contributed by atoms with Crippen LogP contribution in [-0.2, 0) is 4.79 Å². The first-order chi connectivity index (χ1) is 12.2. The molecule has 1 amide bonds. The average Bonchev–Trinajstić information content (AvgIpc) is 3.31. The minimum Gasteiger partial charge on any atom is -0.493 e. The number of carbonyl (C=O) groups excluding carboxylic acids is 1. The molecule has 6 nitrogen and oxygen atoms in total. The number of hydrogen-bond acceptors (Lipinski definition) is 7. The van der Waals surface area contributed by atoms with Crippen LogP contribution in [0.2, 0.25) is 0 Å². The number of rotatable bonds is 6. The molecule has 3 rings (SSSR count). The Hall–Kier alpha value is -2.71. The van der Waals surface area contributed by atoms with Crippen LogP contribution in [0.5, 0.6) is 11.5 Å². The Morgan fingerprint density at radius 3 is 2.76 bits per heavy atom. The number of thiophene rings is 1. The summed E-state index contributed by atoms with van der Waals surface area (Å²) in [4.78, 5) is 17.3. The van der Waals surface area contributed by atoms with Crippen molar-refractivity contribution in [1.82, 2.24) is 9.36 Å². The molecule has 0 saturated heterocycles. The molecule has 128 valence electrons. The van der Waals surface area contributed by atoms with Crippen molar-refractivity contribution in [2.45, 2.75) is 0 Å². The van der Waals surface area contributed by atoms with Crippen LogP contribution < -0.4 is 14.8 Å². The third-order valence-electron chi connectivity index (χ3n) is 3.23. The van der Waals surface area contributed by atoms with Crippen molar-refractivity contribution in [3.8, 4) is 22.2 Å². The molecule has 25 heavy (non-hydrogen) atoms. The van der Waals surface area contributed by atoms with Gasteiger partial charge in [-0.1, -0.05) is 12.1 Å². The predicted octanol–water partition coefficient (Wildman–Crippen LogP) is 3.94. The van der Waals surface area contributed by atoms with Gasteiger partial charge in [-0.2, -0.15) is 9.36 Å². The molecule has 0 saturated carbocycles. The van der Waals surface area contributed by atoms with Gasteiger partial charge in [0.2, 0.25) is 11.0 Å². The van der Waals surface area contributed by atoms with E-state index in [0.29, 0.717) is 22.5 Å². The third-order valence-corrected chi connectivity index (χ3v) is 4.73. The first kappa shape index (κ1) is 17.1. The van der Waals surface area contributed by atoms with E-state index in [0.717, 1.165) is 22.0 Å². The van der Waals surface area contributed by atoms with Crippen LogP contribution in [0.15, 0.2) is 41.8 Å². The highest BCUT2D eigenvalue weighted by atomic mass is 32.1. The minimum absolute atomic E-state index is 0.274. The first-order valence-corrected chi connectivity index (χ1v) is 8.93. The Labute approximate surface area is 152 Å². The van der Waals surface area contributed by atoms with E-state index in [2.05, 4.69) is 14.7 Å². The Morgan fingerprint density at radius 2 is 2.04 bits per heavy atom. The Morgan fingerprint density at radius 1 is 1.20 bits per heavy atom. The maximum absolute atomic E-state index is 12.0. The second-order valence-corrected chi connectivity index (χ2v) is 6.54. The molecule has 0 aliphatic carbocycles. The van der Waals surface area contributed by atoms with Crippen LogP contribution in [0.3, 0.4) is 0 Å². The topological polar surface area (TPSA) is 73.3 Å². The number of aromatic nitrogens is 2. The third kappa shape index (κ3) is 4.23. The fourth-order valence-electron chi connectivity index (χ4n) is 2.06. The zero-order valence-electron chi connectivity index (χ0n) is 13.6. The summed E-state index contributed by atoms with van der Waals surface area (Å²) in [7, 11) is 3.14. The summed E-state index contributed by atoms with van der Waals surface area (Å²) in [6.07, 6.45) is 3.13. The number of amides is 1. The molecule has 3 aromatic rings. The predicted molar refractivity (Wildman–Crippen MR) is 100 cm³/mol. The van der Waals surface area contributed by atoms with E-state index < -0.39 is 0 Å². The van der Waals surface area contributed by atoms with Crippen molar-refractivity contribution in [1.29, 1.82) is 0 Å². The van der Waals surface area contributed by atoms with Gasteiger partial charge in [-0.3, -0.25) is 10.1 Å². The summed E-state index contributed by atoms with van der Waals surface area (Å²) in [6.45, 7) is 0. The second-order valence-electron chi connectivity index (χ2n) is 4.84. The smallest absolute Gasteiger partial charge is 0.250 e. The van der Waals surface area contributed by atoms with Crippen LogP contribution in [0.25, 0.3) is 16.8 Å². The number of methoxy groups -OCH3 is 2. The molecule has 0 aliphatic rings. The minimum atomic E-state index is -0.274. The summed E-state index contributed by atoms with van der Waals surface area (Å²) in [5, 5.41) is 5.14. The van der Waals surface area contributed by atoms with Crippen molar-refractivity contribution in [2.24, 2.45) is 0 Å². The number of ether oxygens (including phenoxy) is 2. The fourth-order valence-corrected chi connectivity index (χ4v) is 3.36. The highest BCUT2D eigenvalue weighted by Gasteiger charge is 2.09. The van der Waals surface area contributed by atoms with E-state index in [9.17, 15) is 4.79 Å². The zero-order valence-corrected chi connectivity index (χ0v) is 15.2. The fraction of sp³-hybridized carbons (Fsp3) is 0.118. The molecule has 2 aromatic heterocycles. The lowest BCUT2D eigenvalue weighted by molar-refractivity contribution is -0.111. The molecule has 0 aliphatic heterocycles. The Bertz CT molecular complexity index is 888. The summed E-state index contributed by atoms with van der Waals surface area (Å²) in [5.74, 6) is 1.59. The SMILES string of the molecule is COc1ccc(/C=C/C(=O)Nc2nc(-c3cccs3)ns2)cc1OC. The Kier molecular flexibility index (Phi) is 5.42. The van der Waals surface area contributed by atoms with Crippen LogP contribution in [0.1, 0.15) is 5.56 Å². The van der Waals surface area contributed by atoms with E-state index in [1.807, 2.05) is 23.6 Å². The van der Waals surface area contributed by atoms with Crippen LogP contribution >= 0.6 is 22.9 Å². The molecule has 0 spiro atoms. The normalized spacial score (nSPS) is 10.8. The van der Waals surface area contributed by atoms with Crippen LogP contribution in [-0.4, -0.2) is 29.5 Å². The maximum atomic E-state index is 12.0. The summed E-state index contributed by atoms with van der Waals surface area (Å²) in [5.41, 5.74) is 0.823. The van der Waals surface area contributed by atoms with E-state index in [4.69, 9.17) is 9.47 Å². The molecule has 0 atom stereocenters.